The van der Waals surface area contributed by atoms with E-state index in [0.29, 0.717) is 0 Å². The zero-order chi connectivity index (χ0) is 24.6. The Morgan fingerprint density at radius 1 is 1.25 bits per heavy atom. The Balaban J connectivity index is 0.000000920. The summed E-state index contributed by atoms with van der Waals surface area (Å²) in [4.78, 5) is 62.6. The number of rotatable bonds is 9. The highest BCUT2D eigenvalue weighted by Gasteiger charge is 2.42. The molecule has 0 saturated carbocycles. The number of hydrogen-bond acceptors (Lipinski definition) is 9. The Kier molecular flexibility index (Phi) is 10.3. The van der Waals surface area contributed by atoms with Gasteiger partial charge in [-0.2, -0.15) is 0 Å². The molecule has 2 rings (SSSR count). The number of aromatic amines is 1. The van der Waals surface area contributed by atoms with E-state index < -0.39 is 55.6 Å². The number of aliphatic carboxylic acids is 2. The predicted octanol–water partition coefficient (Wildman–Crippen LogP) is -3.21. The molecule has 1 fully saturated rings. The number of carboxylic acids is 2. The Morgan fingerprint density at radius 2 is 1.75 bits per heavy atom. The smallest absolute Gasteiger partial charge is 0.397 e. The van der Waals surface area contributed by atoms with Crippen molar-refractivity contribution in [3.63, 3.8) is 0 Å². The molecule has 17 heteroatoms. The lowest BCUT2D eigenvalue weighted by Gasteiger charge is -2.32. The van der Waals surface area contributed by atoms with Crippen LogP contribution in [0.2, 0.25) is 0 Å². The summed E-state index contributed by atoms with van der Waals surface area (Å²) in [5.74, 6) is -2.26. The molecule has 1 aromatic heterocycles. The first-order chi connectivity index (χ1) is 14.7. The first-order valence-corrected chi connectivity index (χ1v) is 10.7. The van der Waals surface area contributed by atoms with Crippen LogP contribution in [0.1, 0.15) is 25.5 Å². The van der Waals surface area contributed by atoms with E-state index in [9.17, 15) is 29.4 Å². The molecule has 0 bridgehead atoms. The molecular weight excluding hydrogens is 459 g/mol. The highest BCUT2D eigenvalue weighted by Crippen LogP contribution is 2.30. The van der Waals surface area contributed by atoms with Gasteiger partial charge in [-0.05, 0) is 0 Å². The zero-order valence-corrected chi connectivity index (χ0v) is 17.4. The average molecular weight is 484 g/mol. The van der Waals surface area contributed by atoms with E-state index in [4.69, 9.17) is 29.3 Å². The number of nitrogens with one attached hydrogen (secondary N) is 1. The van der Waals surface area contributed by atoms with Gasteiger partial charge in [0.25, 0.3) is 5.56 Å². The molecule has 2 heterocycles. The maximum absolute atomic E-state index is 11.8. The minimum Gasteiger partial charge on any atom is -0.481 e. The number of aliphatic hydroxyl groups is 2. The van der Waals surface area contributed by atoms with Crippen LogP contribution in [0, 0.1) is 0 Å². The molecule has 1 aliphatic rings. The van der Waals surface area contributed by atoms with E-state index in [0.717, 1.165) is 10.6 Å². The predicted molar refractivity (Wildman–Crippen MR) is 104 cm³/mol. The van der Waals surface area contributed by atoms with E-state index in [-0.39, 0.29) is 32.4 Å². The number of nitrogens with zero attached hydrogens (tertiary/aromatic N) is 2. The quantitative estimate of drug-likeness (QED) is 0.127. The van der Waals surface area contributed by atoms with Crippen LogP contribution in [-0.2, 0) is 18.9 Å². The fraction of sp³-hybridized carbons (Fsp3) is 0.600. The van der Waals surface area contributed by atoms with Crippen LogP contribution in [0.3, 0.4) is 0 Å². The summed E-state index contributed by atoms with van der Waals surface area (Å²) in [5, 5.41) is 38.3. The van der Waals surface area contributed by atoms with Crippen molar-refractivity contribution in [1.82, 2.24) is 14.5 Å². The number of aromatic nitrogens is 2. The number of aliphatic hydroxyl groups excluding tert-OH is 2. The third kappa shape index (κ3) is 9.80. The van der Waals surface area contributed by atoms with Crippen molar-refractivity contribution in [3.05, 3.63) is 33.1 Å². The van der Waals surface area contributed by atoms with Crippen molar-refractivity contribution in [2.75, 3.05) is 13.1 Å². The van der Waals surface area contributed by atoms with E-state index in [1.807, 2.05) is 4.98 Å². The number of carboxylic acid groups (broad SMARTS) is 2. The fourth-order valence-corrected chi connectivity index (χ4v) is 2.83. The molecule has 9 N–H and O–H groups in total. The molecule has 0 spiro atoms. The summed E-state index contributed by atoms with van der Waals surface area (Å²) in [7, 11) is -4.14. The molecule has 1 aromatic rings. The first-order valence-electron chi connectivity index (χ1n) is 9.04. The second-order valence-electron chi connectivity index (χ2n) is 6.70. The maximum atomic E-state index is 11.8. The highest BCUT2D eigenvalue weighted by atomic mass is 31.2. The van der Waals surface area contributed by atoms with Crippen molar-refractivity contribution in [2.45, 2.75) is 43.9 Å². The molecule has 1 unspecified atom stereocenters. The van der Waals surface area contributed by atoms with Gasteiger partial charge in [-0.15, -0.1) is 0 Å². The van der Waals surface area contributed by atoms with Crippen LogP contribution in [0.25, 0.3) is 0 Å². The Labute approximate surface area is 179 Å². The summed E-state index contributed by atoms with van der Waals surface area (Å²) in [5.41, 5.74) is 2.68. The monoisotopic (exact) mass is 484 g/mol. The third-order valence-corrected chi connectivity index (χ3v) is 4.19. The number of nitrogens with two attached hydrogens (primary N) is 1. The third-order valence-electron chi connectivity index (χ3n) is 4.19. The highest BCUT2D eigenvalue weighted by molar-refractivity contribution is 7.49. The molecule has 182 valence electrons. The van der Waals surface area contributed by atoms with E-state index in [1.165, 1.54) is 11.1 Å². The number of hydrogen-bond donors (Lipinski definition) is 8. The van der Waals surface area contributed by atoms with Crippen molar-refractivity contribution in [2.24, 2.45) is 5.50 Å². The summed E-state index contributed by atoms with van der Waals surface area (Å²) in [6.45, 7) is -0.306. The lowest BCUT2D eigenvalue weighted by atomic mass is 10.1. The number of H-pyrrole nitrogens is 1. The van der Waals surface area contributed by atoms with Crippen LogP contribution >= 0.6 is 7.75 Å². The first kappa shape index (κ1) is 27.6. The summed E-state index contributed by atoms with van der Waals surface area (Å²) in [6.07, 6.45) is -4.38. The molecule has 4 atom stereocenters. The number of ether oxygens (including phenoxy) is 1. The molecule has 32 heavy (non-hydrogen) atoms. The normalized spacial score (nSPS) is 21.6. The van der Waals surface area contributed by atoms with Crippen LogP contribution in [-0.4, -0.2) is 88.1 Å². The van der Waals surface area contributed by atoms with Crippen molar-refractivity contribution < 1.29 is 49.1 Å². The van der Waals surface area contributed by atoms with Crippen molar-refractivity contribution in [1.29, 1.82) is 0 Å². The summed E-state index contributed by atoms with van der Waals surface area (Å²) < 4.78 is 15.7. The van der Waals surface area contributed by atoms with Gasteiger partial charge in [0.1, 0.15) is 18.6 Å². The van der Waals surface area contributed by atoms with Crippen LogP contribution in [0.4, 0.5) is 0 Å². The SMILES string of the molecule is NP(=O)(O)O.O=C(O)CCN(CCC(=O)O)C(O)[C@H]1O[C@@H](n2ccc(=O)[nH]c2=O)C[C@@H]1O. The van der Waals surface area contributed by atoms with Crippen LogP contribution in [0.5, 0.6) is 0 Å². The molecule has 0 aromatic carbocycles. The lowest BCUT2D eigenvalue weighted by Crippen LogP contribution is -2.49. The molecule has 1 aliphatic heterocycles. The van der Waals surface area contributed by atoms with Gasteiger partial charge in [-0.3, -0.25) is 28.8 Å². The topological polar surface area (TPSA) is 266 Å². The van der Waals surface area contributed by atoms with Gasteiger partial charge in [-0.1, -0.05) is 0 Å². The Bertz CT molecular complexity index is 917. The summed E-state index contributed by atoms with van der Waals surface area (Å²) in [6, 6.07) is 1.10. The van der Waals surface area contributed by atoms with E-state index in [2.05, 4.69) is 5.50 Å². The minimum absolute atomic E-state index is 0.0562. The van der Waals surface area contributed by atoms with Gasteiger partial charge in [0.2, 0.25) is 0 Å². The Hall–Kier alpha value is -2.43. The second-order valence-corrected chi connectivity index (χ2v) is 7.88. The summed E-state index contributed by atoms with van der Waals surface area (Å²) >= 11 is 0. The van der Waals surface area contributed by atoms with Gasteiger partial charge >= 0.3 is 25.4 Å². The van der Waals surface area contributed by atoms with Crippen LogP contribution in [0.15, 0.2) is 21.9 Å². The zero-order valence-electron chi connectivity index (χ0n) is 16.6. The average Bonchev–Trinajstić information content (AvgIpc) is 3.00. The maximum Gasteiger partial charge on any atom is 0.397 e. The fourth-order valence-electron chi connectivity index (χ4n) is 2.83. The van der Waals surface area contributed by atoms with Crippen molar-refractivity contribution in [3.8, 4) is 0 Å². The van der Waals surface area contributed by atoms with E-state index >= 15 is 0 Å². The van der Waals surface area contributed by atoms with E-state index in [1.54, 1.807) is 0 Å². The molecule has 1 saturated heterocycles. The molecular formula is C15H25N4O12P. The Morgan fingerprint density at radius 3 is 2.19 bits per heavy atom. The van der Waals surface area contributed by atoms with Gasteiger partial charge < -0.3 is 34.9 Å². The van der Waals surface area contributed by atoms with Gasteiger partial charge in [0.15, 0.2) is 0 Å². The second kappa shape index (κ2) is 12.0. The largest absolute Gasteiger partial charge is 0.481 e. The lowest BCUT2D eigenvalue weighted by molar-refractivity contribution is -0.150. The molecule has 0 amide bonds. The molecule has 16 nitrogen and oxygen atoms in total. The number of carbonyl (C=O) groups is 2. The standard InChI is InChI=1S/C15H21N3O9.H4NO3P/c19-8-7-10(18-6-1-9(20)16-15(18)26)27-13(8)14(25)17(4-2-11(21)22)5-3-12(23)24;1-5(2,3)4/h1,6,8,10,13-14,19,25H,2-5,7H2,(H,21,22)(H,23,24)(H,16,20,26);(H4,1,2,3,4)/t8-,10+,13-,14?;/m0./s1. The van der Waals surface area contributed by atoms with Gasteiger partial charge in [0, 0.05) is 31.8 Å². The minimum atomic E-state index is -4.14. The van der Waals surface area contributed by atoms with Gasteiger partial charge in [0.05, 0.1) is 18.9 Å². The molecule has 0 radical (unpaired) electrons. The van der Waals surface area contributed by atoms with Crippen molar-refractivity contribution >= 4 is 19.7 Å². The van der Waals surface area contributed by atoms with Crippen LogP contribution < -0.4 is 16.8 Å². The van der Waals surface area contributed by atoms with Gasteiger partial charge in [-0.25, -0.2) is 14.9 Å². The molecule has 0 aliphatic carbocycles.